The molecule has 0 saturated heterocycles. The average molecular weight is 414 g/mol. The van der Waals surface area contributed by atoms with Crippen molar-refractivity contribution in [3.05, 3.63) is 56.1 Å². The molecule has 9 nitrogen and oxygen atoms in total. The molecular formula is C16H13Cl2N3O6. The lowest BCUT2D eigenvalue weighted by Gasteiger charge is -2.13. The number of rotatable bonds is 5. The molecular weight excluding hydrogens is 401 g/mol. The van der Waals surface area contributed by atoms with Gasteiger partial charge in [0.2, 0.25) is 0 Å². The fourth-order valence-electron chi connectivity index (χ4n) is 2.17. The number of nitro benzene ring substituents is 1. The van der Waals surface area contributed by atoms with E-state index in [1.54, 1.807) is 6.07 Å². The molecule has 3 amide bonds. The minimum absolute atomic E-state index is 0.0125. The van der Waals surface area contributed by atoms with E-state index in [4.69, 9.17) is 32.7 Å². The number of anilines is 1. The van der Waals surface area contributed by atoms with Crippen LogP contribution in [0.3, 0.4) is 0 Å². The summed E-state index contributed by atoms with van der Waals surface area (Å²) < 4.78 is 10.2. The highest BCUT2D eigenvalue weighted by Gasteiger charge is 2.22. The predicted octanol–water partition coefficient (Wildman–Crippen LogP) is 3.88. The monoisotopic (exact) mass is 413 g/mol. The summed E-state index contributed by atoms with van der Waals surface area (Å²) in [5.41, 5.74) is -0.412. The van der Waals surface area contributed by atoms with E-state index in [2.05, 4.69) is 10.6 Å². The number of urea groups is 1. The Labute approximate surface area is 163 Å². The summed E-state index contributed by atoms with van der Waals surface area (Å²) in [6.45, 7) is 0. The standard InChI is InChI=1S/C16H13Cl2N3O6/c1-26-11-4-3-5-12(27-2)13(11)15(22)20-16(23)19-14-9(17)6-8(21(24)25)7-10(14)18/h3-7H,1-2H3,(H2,19,20,22,23). The van der Waals surface area contributed by atoms with Crippen LogP contribution >= 0.6 is 23.2 Å². The van der Waals surface area contributed by atoms with Crippen LogP contribution in [0.25, 0.3) is 0 Å². The van der Waals surface area contributed by atoms with Crippen LogP contribution in [-0.4, -0.2) is 31.1 Å². The van der Waals surface area contributed by atoms with Crippen LogP contribution in [0, 0.1) is 10.1 Å². The lowest BCUT2D eigenvalue weighted by atomic mass is 10.1. The molecule has 0 fully saturated rings. The summed E-state index contributed by atoms with van der Waals surface area (Å²) in [7, 11) is 2.73. The van der Waals surface area contributed by atoms with E-state index in [-0.39, 0.29) is 38.5 Å². The van der Waals surface area contributed by atoms with E-state index in [0.29, 0.717) is 0 Å². The fraction of sp³-hybridized carbons (Fsp3) is 0.125. The summed E-state index contributed by atoms with van der Waals surface area (Å²) in [6, 6.07) is 5.76. The second-order valence-corrected chi connectivity index (χ2v) is 5.80. The van der Waals surface area contributed by atoms with Gasteiger partial charge in [0, 0.05) is 12.1 Å². The number of benzene rings is 2. The van der Waals surface area contributed by atoms with Gasteiger partial charge in [-0.2, -0.15) is 0 Å². The van der Waals surface area contributed by atoms with E-state index in [0.717, 1.165) is 12.1 Å². The second kappa shape index (κ2) is 8.56. The van der Waals surface area contributed by atoms with E-state index in [1.807, 2.05) is 0 Å². The molecule has 2 rings (SSSR count). The Morgan fingerprint density at radius 2 is 1.59 bits per heavy atom. The lowest BCUT2D eigenvalue weighted by Crippen LogP contribution is -2.35. The van der Waals surface area contributed by atoms with E-state index < -0.39 is 16.9 Å². The predicted molar refractivity (Wildman–Crippen MR) is 99.1 cm³/mol. The van der Waals surface area contributed by atoms with Crippen molar-refractivity contribution in [3.63, 3.8) is 0 Å². The maximum absolute atomic E-state index is 12.4. The first-order valence-corrected chi connectivity index (χ1v) is 8.00. The van der Waals surface area contributed by atoms with Gasteiger partial charge in [-0.15, -0.1) is 0 Å². The molecule has 0 aliphatic heterocycles. The third kappa shape index (κ3) is 4.57. The zero-order chi connectivity index (χ0) is 20.1. The number of non-ortho nitro benzene ring substituents is 1. The van der Waals surface area contributed by atoms with E-state index in [1.165, 1.54) is 26.4 Å². The van der Waals surface area contributed by atoms with Gasteiger partial charge in [0.25, 0.3) is 11.6 Å². The molecule has 0 aliphatic carbocycles. The maximum Gasteiger partial charge on any atom is 0.326 e. The number of nitrogens with one attached hydrogen (secondary N) is 2. The maximum atomic E-state index is 12.4. The molecule has 11 heteroatoms. The Morgan fingerprint density at radius 1 is 1.07 bits per heavy atom. The van der Waals surface area contributed by atoms with Crippen molar-refractivity contribution < 1.29 is 24.0 Å². The molecule has 142 valence electrons. The smallest absolute Gasteiger partial charge is 0.326 e. The van der Waals surface area contributed by atoms with Crippen molar-refractivity contribution in [1.29, 1.82) is 0 Å². The van der Waals surface area contributed by atoms with Crippen LogP contribution in [0.1, 0.15) is 10.4 Å². The van der Waals surface area contributed by atoms with Crippen LogP contribution < -0.4 is 20.1 Å². The van der Waals surface area contributed by atoms with Crippen molar-refractivity contribution in [2.75, 3.05) is 19.5 Å². The highest BCUT2D eigenvalue weighted by atomic mass is 35.5. The SMILES string of the molecule is COc1cccc(OC)c1C(=O)NC(=O)Nc1c(Cl)cc([N+](=O)[O-])cc1Cl. The Balaban J connectivity index is 2.22. The van der Waals surface area contributed by atoms with Gasteiger partial charge in [-0.05, 0) is 12.1 Å². The minimum Gasteiger partial charge on any atom is -0.496 e. The van der Waals surface area contributed by atoms with Crippen LogP contribution in [0.4, 0.5) is 16.2 Å². The first kappa shape index (κ1) is 20.3. The van der Waals surface area contributed by atoms with Crippen molar-refractivity contribution in [1.82, 2.24) is 5.32 Å². The number of imide groups is 1. The highest BCUT2D eigenvalue weighted by molar-refractivity contribution is 6.40. The van der Waals surface area contributed by atoms with Crippen molar-refractivity contribution in [2.45, 2.75) is 0 Å². The molecule has 0 spiro atoms. The summed E-state index contributed by atoms with van der Waals surface area (Å²) >= 11 is 11.8. The molecule has 2 N–H and O–H groups in total. The Morgan fingerprint density at radius 3 is 2.04 bits per heavy atom. The fourth-order valence-corrected chi connectivity index (χ4v) is 2.74. The molecule has 0 bridgehead atoms. The molecule has 27 heavy (non-hydrogen) atoms. The van der Waals surface area contributed by atoms with Gasteiger partial charge in [-0.1, -0.05) is 29.3 Å². The number of halogens is 2. The number of hydrogen-bond donors (Lipinski definition) is 2. The third-order valence-electron chi connectivity index (χ3n) is 3.36. The molecule has 2 aromatic rings. The molecule has 0 atom stereocenters. The number of ether oxygens (including phenoxy) is 2. The van der Waals surface area contributed by atoms with Gasteiger partial charge in [0.05, 0.1) is 34.9 Å². The zero-order valence-corrected chi connectivity index (χ0v) is 15.6. The topological polar surface area (TPSA) is 120 Å². The molecule has 0 unspecified atom stereocenters. The van der Waals surface area contributed by atoms with Gasteiger partial charge < -0.3 is 14.8 Å². The number of nitrogens with zero attached hydrogens (tertiary/aromatic N) is 1. The molecule has 2 aromatic carbocycles. The Kier molecular flexibility index (Phi) is 6.43. The minimum atomic E-state index is -0.953. The Hall–Kier alpha value is -3.04. The van der Waals surface area contributed by atoms with Crippen LogP contribution in [0.5, 0.6) is 11.5 Å². The molecule has 0 radical (unpaired) electrons. The van der Waals surface area contributed by atoms with Gasteiger partial charge in [-0.25, -0.2) is 4.79 Å². The summed E-state index contributed by atoms with van der Waals surface area (Å²) in [6.07, 6.45) is 0. The lowest BCUT2D eigenvalue weighted by molar-refractivity contribution is -0.384. The van der Waals surface area contributed by atoms with E-state index in [9.17, 15) is 19.7 Å². The van der Waals surface area contributed by atoms with Gasteiger partial charge >= 0.3 is 6.03 Å². The van der Waals surface area contributed by atoms with Crippen LogP contribution in [0.2, 0.25) is 10.0 Å². The molecule has 0 aromatic heterocycles. The summed E-state index contributed by atoms with van der Waals surface area (Å²) in [5, 5.41) is 14.8. The number of nitro groups is 1. The quantitative estimate of drug-likeness (QED) is 0.566. The average Bonchev–Trinajstić information content (AvgIpc) is 2.63. The number of hydrogen-bond acceptors (Lipinski definition) is 6. The van der Waals surface area contributed by atoms with Gasteiger partial charge in [-0.3, -0.25) is 20.2 Å². The highest BCUT2D eigenvalue weighted by Crippen LogP contribution is 2.34. The van der Waals surface area contributed by atoms with Crippen molar-refractivity contribution >= 4 is 46.5 Å². The van der Waals surface area contributed by atoms with E-state index >= 15 is 0 Å². The van der Waals surface area contributed by atoms with Crippen molar-refractivity contribution in [3.8, 4) is 11.5 Å². The summed E-state index contributed by atoms with van der Waals surface area (Å²) in [5.74, 6) is -0.395. The third-order valence-corrected chi connectivity index (χ3v) is 3.95. The number of carbonyl (C=O) groups is 2. The normalized spacial score (nSPS) is 10.1. The number of methoxy groups -OCH3 is 2. The van der Waals surface area contributed by atoms with Gasteiger partial charge in [0.1, 0.15) is 17.1 Å². The molecule has 0 heterocycles. The van der Waals surface area contributed by atoms with Crippen molar-refractivity contribution in [2.24, 2.45) is 0 Å². The molecule has 0 aliphatic rings. The molecule has 0 saturated carbocycles. The number of amides is 3. The summed E-state index contributed by atoms with van der Waals surface area (Å²) in [4.78, 5) is 34.7. The van der Waals surface area contributed by atoms with Gasteiger partial charge in [0.15, 0.2) is 0 Å². The first-order chi connectivity index (χ1) is 12.8. The number of carbonyl (C=O) groups excluding carboxylic acids is 2. The second-order valence-electron chi connectivity index (χ2n) is 4.99. The first-order valence-electron chi connectivity index (χ1n) is 7.25. The van der Waals surface area contributed by atoms with Crippen LogP contribution in [-0.2, 0) is 0 Å². The zero-order valence-electron chi connectivity index (χ0n) is 14.0. The van der Waals surface area contributed by atoms with Crippen LogP contribution in [0.15, 0.2) is 30.3 Å². The largest absolute Gasteiger partial charge is 0.496 e. The Bertz CT molecular complexity index is 874.